The molecule has 0 aromatic heterocycles. The molecule has 3 atom stereocenters. The van der Waals surface area contributed by atoms with Crippen LogP contribution >= 0.6 is 0 Å². The van der Waals surface area contributed by atoms with E-state index in [4.69, 9.17) is 12.3 Å². The van der Waals surface area contributed by atoms with Crippen molar-refractivity contribution in [3.05, 3.63) is 11.4 Å². The van der Waals surface area contributed by atoms with Gasteiger partial charge < -0.3 is 5.73 Å². The molecule has 0 aromatic carbocycles. The van der Waals surface area contributed by atoms with Crippen molar-refractivity contribution in [2.75, 3.05) is 0 Å². The van der Waals surface area contributed by atoms with Crippen molar-refractivity contribution in [1.29, 1.82) is 0 Å². The van der Waals surface area contributed by atoms with Gasteiger partial charge in [-0.25, -0.2) is 11.5 Å². The molecule has 0 spiro atoms. The number of hydrogen-bond acceptors (Lipinski definition) is 2. The van der Waals surface area contributed by atoms with Gasteiger partial charge >= 0.3 is 12.1 Å². The van der Waals surface area contributed by atoms with Gasteiger partial charge in [-0.15, -0.1) is 0 Å². The van der Waals surface area contributed by atoms with Crippen LogP contribution in [0.15, 0.2) is 0 Å². The average Bonchev–Trinajstić information content (AvgIpc) is 2.10. The van der Waals surface area contributed by atoms with E-state index in [0.29, 0.717) is 0 Å². The highest BCUT2D eigenvalue weighted by Gasteiger charge is 2.38. The third kappa shape index (κ3) is 2.05. The van der Waals surface area contributed by atoms with E-state index >= 15 is 0 Å². The Labute approximate surface area is 84.9 Å². The van der Waals surface area contributed by atoms with Gasteiger partial charge in [-0.05, 0) is 26.7 Å². The minimum Gasteiger partial charge on any atom is -0.362 e. The largest absolute Gasteiger partial charge is 0.362 e. The van der Waals surface area contributed by atoms with E-state index in [1.807, 2.05) is 4.90 Å². The molecule has 0 aromatic rings. The second kappa shape index (κ2) is 4.43. The SMILES string of the molecule is [C-]#[N+]C(C(N)=O)N1C(C)CCCC1C. The van der Waals surface area contributed by atoms with Crippen LogP contribution in [0.1, 0.15) is 33.1 Å². The molecule has 4 heteroatoms. The van der Waals surface area contributed by atoms with Crippen LogP contribution in [0.5, 0.6) is 0 Å². The highest BCUT2D eigenvalue weighted by Crippen LogP contribution is 2.25. The second-order valence-corrected chi connectivity index (χ2v) is 3.98. The number of amides is 1. The molecule has 78 valence electrons. The summed E-state index contributed by atoms with van der Waals surface area (Å²) in [6.45, 7) is 11.1. The predicted octanol–water partition coefficient (Wildman–Crippen LogP) is 0.980. The number of piperidine rings is 1. The van der Waals surface area contributed by atoms with Crippen LogP contribution in [0.3, 0.4) is 0 Å². The van der Waals surface area contributed by atoms with Gasteiger partial charge in [0.2, 0.25) is 0 Å². The number of rotatable bonds is 2. The molecule has 4 nitrogen and oxygen atoms in total. The Morgan fingerprint density at radius 1 is 1.50 bits per heavy atom. The maximum atomic E-state index is 11.1. The maximum Gasteiger partial charge on any atom is 0.357 e. The Bertz CT molecular complexity index is 249. The zero-order chi connectivity index (χ0) is 10.7. The summed E-state index contributed by atoms with van der Waals surface area (Å²) in [4.78, 5) is 16.3. The zero-order valence-electron chi connectivity index (χ0n) is 8.73. The van der Waals surface area contributed by atoms with Crippen molar-refractivity contribution < 1.29 is 4.79 Å². The first-order chi connectivity index (χ1) is 6.57. The number of carbonyl (C=O) groups is 1. The number of nitrogens with two attached hydrogens (primary N) is 1. The Balaban J connectivity index is 2.81. The lowest BCUT2D eigenvalue weighted by molar-refractivity contribution is -0.124. The molecular weight excluding hydrogens is 178 g/mol. The van der Waals surface area contributed by atoms with E-state index in [1.54, 1.807) is 0 Å². The fourth-order valence-corrected chi connectivity index (χ4v) is 2.20. The summed E-state index contributed by atoms with van der Waals surface area (Å²) in [6.07, 6.45) is 2.48. The third-order valence-electron chi connectivity index (χ3n) is 2.92. The number of hydrogen-bond donors (Lipinski definition) is 1. The Morgan fingerprint density at radius 2 is 2.00 bits per heavy atom. The molecule has 1 heterocycles. The first-order valence-electron chi connectivity index (χ1n) is 5.01. The van der Waals surface area contributed by atoms with Gasteiger partial charge in [0.1, 0.15) is 0 Å². The van der Waals surface area contributed by atoms with Crippen LogP contribution in [-0.2, 0) is 4.79 Å². The Hall–Kier alpha value is -1.08. The number of primary amides is 1. The van der Waals surface area contributed by atoms with Crippen LogP contribution in [-0.4, -0.2) is 29.1 Å². The fraction of sp³-hybridized carbons (Fsp3) is 0.800. The van der Waals surface area contributed by atoms with Crippen molar-refractivity contribution >= 4 is 5.91 Å². The van der Waals surface area contributed by atoms with Crippen LogP contribution in [0.2, 0.25) is 0 Å². The topological polar surface area (TPSA) is 50.7 Å². The van der Waals surface area contributed by atoms with Crippen LogP contribution in [0.4, 0.5) is 0 Å². The van der Waals surface area contributed by atoms with Crippen LogP contribution < -0.4 is 5.73 Å². The first kappa shape index (κ1) is 11.0. The summed E-state index contributed by atoms with van der Waals surface area (Å²) in [5.41, 5.74) is 5.21. The summed E-state index contributed by atoms with van der Waals surface area (Å²) in [5.74, 6) is -0.527. The molecular formula is C10H17N3O. The molecule has 3 unspecified atom stereocenters. The molecule has 14 heavy (non-hydrogen) atoms. The minimum absolute atomic E-state index is 0.283. The quantitative estimate of drug-likeness (QED) is 0.668. The minimum atomic E-state index is -0.777. The van der Waals surface area contributed by atoms with Crippen molar-refractivity contribution in [2.45, 2.75) is 51.4 Å². The number of likely N-dealkylation sites (tertiary alicyclic amines) is 1. The van der Waals surface area contributed by atoms with Gasteiger partial charge in [0.05, 0.1) is 0 Å². The van der Waals surface area contributed by atoms with E-state index in [9.17, 15) is 4.79 Å². The van der Waals surface area contributed by atoms with Crippen LogP contribution in [0, 0.1) is 6.57 Å². The molecule has 1 rings (SSSR count). The van der Waals surface area contributed by atoms with E-state index in [0.717, 1.165) is 12.8 Å². The second-order valence-electron chi connectivity index (χ2n) is 3.98. The fourth-order valence-electron chi connectivity index (χ4n) is 2.20. The molecule has 1 fully saturated rings. The molecule has 2 N–H and O–H groups in total. The third-order valence-corrected chi connectivity index (χ3v) is 2.92. The van der Waals surface area contributed by atoms with E-state index in [-0.39, 0.29) is 12.1 Å². The molecule has 1 aliphatic rings. The smallest absolute Gasteiger partial charge is 0.357 e. The van der Waals surface area contributed by atoms with Crippen molar-refractivity contribution in [3.63, 3.8) is 0 Å². The summed E-state index contributed by atoms with van der Waals surface area (Å²) < 4.78 is 0. The lowest BCUT2D eigenvalue weighted by Gasteiger charge is -2.37. The van der Waals surface area contributed by atoms with Crippen molar-refractivity contribution in [1.82, 2.24) is 4.90 Å². The normalized spacial score (nSPS) is 30.6. The van der Waals surface area contributed by atoms with Gasteiger partial charge in [0.25, 0.3) is 0 Å². The molecule has 1 aliphatic heterocycles. The zero-order valence-corrected chi connectivity index (χ0v) is 8.73. The Kier molecular flexibility index (Phi) is 3.48. The summed E-state index contributed by atoms with van der Waals surface area (Å²) in [6, 6.07) is 0.565. The summed E-state index contributed by atoms with van der Waals surface area (Å²) >= 11 is 0. The molecule has 0 saturated carbocycles. The molecule has 1 amide bonds. The lowest BCUT2D eigenvalue weighted by atomic mass is 9.97. The first-order valence-corrected chi connectivity index (χ1v) is 5.01. The van der Waals surface area contributed by atoms with Gasteiger partial charge in [-0.1, -0.05) is 6.42 Å². The van der Waals surface area contributed by atoms with E-state index in [2.05, 4.69) is 18.7 Å². The summed E-state index contributed by atoms with van der Waals surface area (Å²) in [5, 5.41) is 0. The van der Waals surface area contributed by atoms with Gasteiger partial charge in [-0.2, -0.15) is 0 Å². The van der Waals surface area contributed by atoms with Gasteiger partial charge in [-0.3, -0.25) is 9.64 Å². The van der Waals surface area contributed by atoms with Crippen molar-refractivity contribution in [3.8, 4) is 0 Å². The molecule has 1 saturated heterocycles. The number of carbonyl (C=O) groups excluding carboxylic acids is 1. The highest BCUT2D eigenvalue weighted by atomic mass is 16.1. The predicted molar refractivity (Wildman–Crippen MR) is 54.2 cm³/mol. The van der Waals surface area contributed by atoms with E-state index in [1.165, 1.54) is 6.42 Å². The molecule has 0 bridgehead atoms. The van der Waals surface area contributed by atoms with Gasteiger partial charge in [0, 0.05) is 12.1 Å². The van der Waals surface area contributed by atoms with Crippen molar-refractivity contribution in [2.24, 2.45) is 5.73 Å². The molecule has 0 radical (unpaired) electrons. The van der Waals surface area contributed by atoms with Crippen LogP contribution in [0.25, 0.3) is 4.85 Å². The number of nitrogens with zero attached hydrogens (tertiary/aromatic N) is 2. The Morgan fingerprint density at radius 3 is 2.36 bits per heavy atom. The highest BCUT2D eigenvalue weighted by molar-refractivity contribution is 5.81. The average molecular weight is 195 g/mol. The molecule has 0 aliphatic carbocycles. The van der Waals surface area contributed by atoms with Gasteiger partial charge in [0.15, 0.2) is 0 Å². The summed E-state index contributed by atoms with van der Waals surface area (Å²) in [7, 11) is 0. The van der Waals surface area contributed by atoms with E-state index < -0.39 is 12.1 Å². The monoisotopic (exact) mass is 195 g/mol. The maximum absolute atomic E-state index is 11.1. The standard InChI is InChI=1S/C10H17N3O/c1-7-5-4-6-8(2)13(7)10(12-3)9(11)14/h7-8,10H,4-6H2,1-2H3,(H2,11,14). The lowest BCUT2D eigenvalue weighted by Crippen LogP contribution is -2.53.